The molecule has 0 saturated carbocycles. The first-order valence-electron chi connectivity index (χ1n) is 6.99. The first-order valence-corrected chi connectivity index (χ1v) is 6.99. The lowest BCUT2D eigenvalue weighted by Crippen LogP contribution is -2.36. The lowest BCUT2D eigenvalue weighted by atomic mass is 9.89. The van der Waals surface area contributed by atoms with E-state index in [1.54, 1.807) is 21.3 Å². The molecule has 19 heavy (non-hydrogen) atoms. The number of methoxy groups -OCH3 is 3. The number of aryl methyl sites for hydroxylation is 3. The summed E-state index contributed by atoms with van der Waals surface area (Å²) in [7, 11) is 4.83. The van der Waals surface area contributed by atoms with Gasteiger partial charge in [0, 0.05) is 27.8 Å². The van der Waals surface area contributed by atoms with E-state index >= 15 is 0 Å². The van der Waals surface area contributed by atoms with Crippen molar-refractivity contribution in [2.24, 2.45) is 0 Å². The van der Waals surface area contributed by atoms with Gasteiger partial charge in [0.1, 0.15) is 0 Å². The second-order valence-corrected chi connectivity index (χ2v) is 5.11. The van der Waals surface area contributed by atoms with Gasteiger partial charge in [-0.3, -0.25) is 0 Å². The molecule has 0 saturated heterocycles. The predicted octanol–water partition coefficient (Wildman–Crippen LogP) is 3.09. The highest BCUT2D eigenvalue weighted by Crippen LogP contribution is 2.25. The van der Waals surface area contributed by atoms with Crippen molar-refractivity contribution < 1.29 is 14.2 Å². The van der Waals surface area contributed by atoms with Crippen LogP contribution < -0.4 is 0 Å². The largest absolute Gasteiger partial charge is 0.331 e. The summed E-state index contributed by atoms with van der Waals surface area (Å²) in [5.74, 6) is -0.921. The van der Waals surface area contributed by atoms with E-state index in [2.05, 4.69) is 18.2 Å². The fourth-order valence-corrected chi connectivity index (χ4v) is 2.80. The van der Waals surface area contributed by atoms with Crippen LogP contribution in [0.1, 0.15) is 36.0 Å². The van der Waals surface area contributed by atoms with E-state index in [1.807, 2.05) is 0 Å². The fraction of sp³-hybridized carbons (Fsp3) is 0.625. The summed E-state index contributed by atoms with van der Waals surface area (Å²) in [6.07, 6.45) is 6.67. The molecule has 0 amide bonds. The molecule has 0 bridgehead atoms. The van der Waals surface area contributed by atoms with E-state index in [1.165, 1.54) is 42.4 Å². The van der Waals surface area contributed by atoms with Gasteiger partial charge in [-0.15, -0.1) is 0 Å². The molecule has 1 aromatic rings. The molecule has 1 aromatic carbocycles. The smallest absolute Gasteiger partial charge is 0.282 e. The van der Waals surface area contributed by atoms with Gasteiger partial charge in [0.2, 0.25) is 0 Å². The van der Waals surface area contributed by atoms with Crippen molar-refractivity contribution in [1.29, 1.82) is 0 Å². The van der Waals surface area contributed by atoms with Gasteiger partial charge in [-0.05, 0) is 48.8 Å². The average molecular weight is 264 g/mol. The number of ether oxygens (including phenoxy) is 3. The first kappa shape index (κ1) is 14.5. The Labute approximate surface area is 115 Å². The number of fused-ring (bicyclic) bond motifs is 1. The number of rotatable bonds is 6. The van der Waals surface area contributed by atoms with Crippen LogP contribution in [0.3, 0.4) is 0 Å². The van der Waals surface area contributed by atoms with Gasteiger partial charge in [-0.25, -0.2) is 0 Å². The lowest BCUT2D eigenvalue weighted by Gasteiger charge is -2.28. The zero-order chi connectivity index (χ0) is 13.7. The zero-order valence-electron chi connectivity index (χ0n) is 12.2. The molecule has 0 spiro atoms. The van der Waals surface area contributed by atoms with Crippen molar-refractivity contribution in [1.82, 2.24) is 0 Å². The molecule has 0 radical (unpaired) electrons. The Kier molecular flexibility index (Phi) is 4.97. The van der Waals surface area contributed by atoms with Crippen molar-refractivity contribution in [3.8, 4) is 0 Å². The van der Waals surface area contributed by atoms with E-state index in [9.17, 15) is 0 Å². The second-order valence-electron chi connectivity index (χ2n) is 5.11. The minimum atomic E-state index is -0.921. The normalized spacial score (nSPS) is 15.3. The van der Waals surface area contributed by atoms with Crippen molar-refractivity contribution in [3.63, 3.8) is 0 Å². The Morgan fingerprint density at radius 3 is 2.21 bits per heavy atom. The number of benzene rings is 1. The Balaban J connectivity index is 2.03. The summed E-state index contributed by atoms with van der Waals surface area (Å²) in [6, 6.07) is 6.83. The molecule has 1 aliphatic rings. The van der Waals surface area contributed by atoms with Crippen LogP contribution in [-0.2, 0) is 33.5 Å². The first-order chi connectivity index (χ1) is 9.23. The summed E-state index contributed by atoms with van der Waals surface area (Å²) in [4.78, 5) is 0. The van der Waals surface area contributed by atoms with E-state index < -0.39 is 5.97 Å². The molecule has 0 unspecified atom stereocenters. The molecular weight excluding hydrogens is 240 g/mol. The van der Waals surface area contributed by atoms with Crippen molar-refractivity contribution >= 4 is 0 Å². The Morgan fingerprint density at radius 1 is 0.947 bits per heavy atom. The van der Waals surface area contributed by atoms with E-state index in [4.69, 9.17) is 14.2 Å². The molecule has 0 aliphatic heterocycles. The van der Waals surface area contributed by atoms with Crippen molar-refractivity contribution in [2.45, 2.75) is 44.5 Å². The SMILES string of the molecule is COC(CCc1ccc2c(c1)CCCC2)(OC)OC. The van der Waals surface area contributed by atoms with Gasteiger partial charge in [-0.1, -0.05) is 18.2 Å². The van der Waals surface area contributed by atoms with Gasteiger partial charge in [0.05, 0.1) is 0 Å². The molecular formula is C16H24O3. The van der Waals surface area contributed by atoms with Crippen LogP contribution in [0.5, 0.6) is 0 Å². The standard InChI is InChI=1S/C16H24O3/c1-17-16(18-2,19-3)11-10-13-8-9-14-6-4-5-7-15(14)12-13/h8-9,12H,4-7,10-11H2,1-3H3. The predicted molar refractivity (Wildman–Crippen MR) is 75.2 cm³/mol. The highest BCUT2D eigenvalue weighted by molar-refractivity contribution is 5.33. The third-order valence-corrected chi connectivity index (χ3v) is 4.07. The molecule has 0 N–H and O–H groups in total. The second kappa shape index (κ2) is 6.51. The molecule has 0 fully saturated rings. The molecule has 1 aliphatic carbocycles. The van der Waals surface area contributed by atoms with Crippen molar-refractivity contribution in [3.05, 3.63) is 34.9 Å². The molecule has 3 heteroatoms. The zero-order valence-corrected chi connectivity index (χ0v) is 12.2. The van der Waals surface area contributed by atoms with Crippen LogP contribution in [0.2, 0.25) is 0 Å². The Bertz CT molecular complexity index is 402. The summed E-state index contributed by atoms with van der Waals surface area (Å²) in [5, 5.41) is 0. The summed E-state index contributed by atoms with van der Waals surface area (Å²) in [6.45, 7) is 0. The monoisotopic (exact) mass is 264 g/mol. The molecule has 0 heterocycles. The third kappa shape index (κ3) is 3.35. The molecule has 2 rings (SSSR count). The van der Waals surface area contributed by atoms with Crippen LogP contribution in [0.25, 0.3) is 0 Å². The summed E-state index contributed by atoms with van der Waals surface area (Å²) in [5.41, 5.74) is 4.37. The van der Waals surface area contributed by atoms with E-state index in [-0.39, 0.29) is 0 Å². The quantitative estimate of drug-likeness (QED) is 0.739. The molecule has 0 aromatic heterocycles. The van der Waals surface area contributed by atoms with Gasteiger partial charge in [-0.2, -0.15) is 0 Å². The fourth-order valence-electron chi connectivity index (χ4n) is 2.80. The van der Waals surface area contributed by atoms with Crippen LogP contribution in [0, 0.1) is 0 Å². The van der Waals surface area contributed by atoms with E-state index in [0.717, 1.165) is 6.42 Å². The van der Waals surface area contributed by atoms with Gasteiger partial charge in [0.15, 0.2) is 0 Å². The molecule has 106 valence electrons. The topological polar surface area (TPSA) is 27.7 Å². The minimum absolute atomic E-state index is 0.690. The Morgan fingerprint density at radius 2 is 1.58 bits per heavy atom. The van der Waals surface area contributed by atoms with E-state index in [0.29, 0.717) is 6.42 Å². The highest BCUT2D eigenvalue weighted by atomic mass is 16.9. The van der Waals surface area contributed by atoms with Gasteiger partial charge < -0.3 is 14.2 Å². The van der Waals surface area contributed by atoms with Gasteiger partial charge in [0.25, 0.3) is 5.97 Å². The maximum Gasteiger partial charge on any atom is 0.282 e. The summed E-state index contributed by atoms with van der Waals surface area (Å²) >= 11 is 0. The van der Waals surface area contributed by atoms with Gasteiger partial charge >= 0.3 is 0 Å². The van der Waals surface area contributed by atoms with Crippen LogP contribution in [-0.4, -0.2) is 27.3 Å². The number of hydrogen-bond acceptors (Lipinski definition) is 3. The number of hydrogen-bond donors (Lipinski definition) is 0. The average Bonchev–Trinajstić information content (AvgIpc) is 2.49. The molecule has 3 nitrogen and oxygen atoms in total. The lowest BCUT2D eigenvalue weighted by molar-refractivity contribution is -0.354. The van der Waals surface area contributed by atoms with Crippen LogP contribution in [0.4, 0.5) is 0 Å². The third-order valence-electron chi connectivity index (χ3n) is 4.07. The van der Waals surface area contributed by atoms with Crippen molar-refractivity contribution in [2.75, 3.05) is 21.3 Å². The van der Waals surface area contributed by atoms with Crippen LogP contribution >= 0.6 is 0 Å². The maximum atomic E-state index is 5.33. The maximum absolute atomic E-state index is 5.33. The van der Waals surface area contributed by atoms with Crippen LogP contribution in [0.15, 0.2) is 18.2 Å². The summed E-state index contributed by atoms with van der Waals surface area (Å²) < 4.78 is 16.0. The molecule has 0 atom stereocenters. The minimum Gasteiger partial charge on any atom is -0.331 e. The Hall–Kier alpha value is -0.900. The highest BCUT2D eigenvalue weighted by Gasteiger charge is 2.29.